The highest BCUT2D eigenvalue weighted by atomic mass is 32.1. The summed E-state index contributed by atoms with van der Waals surface area (Å²) in [4.78, 5) is 32.5. The summed E-state index contributed by atoms with van der Waals surface area (Å²) in [7, 11) is 0. The molecule has 2 bridgehead atoms. The fourth-order valence-corrected chi connectivity index (χ4v) is 5.08. The molecule has 3 heterocycles. The highest BCUT2D eigenvalue weighted by Crippen LogP contribution is 2.39. The van der Waals surface area contributed by atoms with Crippen molar-refractivity contribution in [3.8, 4) is 0 Å². The smallest absolute Gasteiger partial charge is 0.273 e. The summed E-state index contributed by atoms with van der Waals surface area (Å²) in [6, 6.07) is 13.8. The molecule has 0 spiro atoms. The molecule has 2 aromatic heterocycles. The molecule has 5 rings (SSSR count). The maximum Gasteiger partial charge on any atom is 0.273 e. The van der Waals surface area contributed by atoms with Crippen LogP contribution in [-0.2, 0) is 0 Å². The van der Waals surface area contributed by atoms with Crippen LogP contribution in [-0.4, -0.2) is 40.3 Å². The standard InChI is InChI=1S/C21H19N3O2S/c25-20(18-6-3-9-27-18)23-17-11-15-10-14(17)12-24(15)21(26)19-16-5-2-1-4-13(16)7-8-22-19/h1-9,14-15,17H,10-12H2,(H,23,25)/t14-,15-,17-/m0/s1. The molecule has 1 aliphatic carbocycles. The van der Waals surface area contributed by atoms with Crippen molar-refractivity contribution in [1.82, 2.24) is 15.2 Å². The number of fused-ring (bicyclic) bond motifs is 3. The van der Waals surface area contributed by atoms with Gasteiger partial charge in [-0.25, -0.2) is 0 Å². The molecule has 2 amide bonds. The molecule has 6 heteroatoms. The van der Waals surface area contributed by atoms with Crippen LogP contribution in [0, 0.1) is 5.92 Å². The first-order valence-corrected chi connectivity index (χ1v) is 10.1. The van der Waals surface area contributed by atoms with E-state index in [0.29, 0.717) is 18.2 Å². The summed E-state index contributed by atoms with van der Waals surface area (Å²) in [5, 5.41) is 7.00. The molecule has 3 atom stereocenters. The number of nitrogens with one attached hydrogen (secondary N) is 1. The van der Waals surface area contributed by atoms with Crippen molar-refractivity contribution in [3.05, 3.63) is 64.6 Å². The van der Waals surface area contributed by atoms with E-state index in [2.05, 4.69) is 10.3 Å². The Morgan fingerprint density at radius 1 is 1.11 bits per heavy atom. The van der Waals surface area contributed by atoms with E-state index in [4.69, 9.17) is 0 Å². The number of benzene rings is 1. The average molecular weight is 377 g/mol. The minimum Gasteiger partial charge on any atom is -0.348 e. The zero-order chi connectivity index (χ0) is 18.4. The molecule has 3 aromatic rings. The number of hydrogen-bond acceptors (Lipinski definition) is 4. The minimum atomic E-state index is -0.00357. The van der Waals surface area contributed by atoms with Crippen molar-refractivity contribution in [3.63, 3.8) is 0 Å². The normalized spacial score (nSPS) is 23.7. The van der Waals surface area contributed by atoms with Gasteiger partial charge in [-0.05, 0) is 41.7 Å². The lowest BCUT2D eigenvalue weighted by atomic mass is 10.0. The number of thiophene rings is 1. The predicted octanol–water partition coefficient (Wildman–Crippen LogP) is 3.33. The molecule has 1 saturated carbocycles. The summed E-state index contributed by atoms with van der Waals surface area (Å²) >= 11 is 1.45. The van der Waals surface area contributed by atoms with Crippen LogP contribution in [0.2, 0.25) is 0 Å². The number of piperidine rings is 1. The number of nitrogens with zero attached hydrogens (tertiary/aromatic N) is 2. The molecule has 1 saturated heterocycles. The molecule has 1 aliphatic heterocycles. The molecule has 0 unspecified atom stereocenters. The minimum absolute atomic E-state index is 0.00216. The second kappa shape index (κ2) is 6.46. The van der Waals surface area contributed by atoms with Crippen molar-refractivity contribution in [2.75, 3.05) is 6.54 Å². The number of carbonyl (C=O) groups is 2. The fourth-order valence-electron chi connectivity index (χ4n) is 4.45. The summed E-state index contributed by atoms with van der Waals surface area (Å²) in [5.41, 5.74) is 0.528. The quantitative estimate of drug-likeness (QED) is 0.762. The van der Waals surface area contributed by atoms with E-state index in [9.17, 15) is 9.59 Å². The maximum atomic E-state index is 13.1. The van der Waals surface area contributed by atoms with Crippen LogP contribution in [0.25, 0.3) is 10.8 Å². The molecule has 2 fully saturated rings. The van der Waals surface area contributed by atoms with Gasteiger partial charge in [0, 0.05) is 30.2 Å². The van der Waals surface area contributed by atoms with Gasteiger partial charge in [-0.2, -0.15) is 0 Å². The van der Waals surface area contributed by atoms with Crippen LogP contribution in [0.4, 0.5) is 0 Å². The van der Waals surface area contributed by atoms with Gasteiger partial charge in [0.15, 0.2) is 0 Å². The predicted molar refractivity (Wildman–Crippen MR) is 105 cm³/mol. The first-order valence-electron chi connectivity index (χ1n) is 9.20. The second-order valence-electron chi connectivity index (χ2n) is 7.28. The third-order valence-corrected chi connectivity index (χ3v) is 6.61. The van der Waals surface area contributed by atoms with Gasteiger partial charge >= 0.3 is 0 Å². The molecule has 0 radical (unpaired) electrons. The maximum absolute atomic E-state index is 13.1. The van der Waals surface area contributed by atoms with Crippen LogP contribution in [0.15, 0.2) is 54.0 Å². The molecule has 5 nitrogen and oxygen atoms in total. The number of likely N-dealkylation sites (tertiary alicyclic amines) is 1. The lowest BCUT2D eigenvalue weighted by Crippen LogP contribution is -2.47. The summed E-state index contributed by atoms with van der Waals surface area (Å²) in [5.74, 6) is 0.316. The number of amides is 2. The summed E-state index contributed by atoms with van der Waals surface area (Å²) < 4.78 is 0. The first kappa shape index (κ1) is 16.4. The van der Waals surface area contributed by atoms with Gasteiger partial charge in [-0.3, -0.25) is 14.6 Å². The van der Waals surface area contributed by atoms with E-state index in [1.807, 2.05) is 52.7 Å². The zero-order valence-electron chi connectivity index (χ0n) is 14.7. The SMILES string of the molecule is O=C(N[C@H]1C[C@@H]2C[C@H]1CN2C(=O)c1nccc2ccccc12)c1cccs1. The Hall–Kier alpha value is -2.73. The summed E-state index contributed by atoms with van der Waals surface area (Å²) in [6.07, 6.45) is 3.47. The molecule has 27 heavy (non-hydrogen) atoms. The molecular weight excluding hydrogens is 358 g/mol. The largest absolute Gasteiger partial charge is 0.348 e. The number of rotatable bonds is 3. The second-order valence-corrected chi connectivity index (χ2v) is 8.23. The lowest BCUT2D eigenvalue weighted by Gasteiger charge is -2.32. The first-order chi connectivity index (χ1) is 13.2. The molecule has 2 aliphatic rings. The van der Waals surface area contributed by atoms with Crippen molar-refractivity contribution in [1.29, 1.82) is 0 Å². The van der Waals surface area contributed by atoms with Crippen LogP contribution in [0.5, 0.6) is 0 Å². The Labute approximate surface area is 161 Å². The van der Waals surface area contributed by atoms with E-state index >= 15 is 0 Å². The van der Waals surface area contributed by atoms with Crippen LogP contribution < -0.4 is 5.32 Å². The monoisotopic (exact) mass is 377 g/mol. The zero-order valence-corrected chi connectivity index (χ0v) is 15.5. The topological polar surface area (TPSA) is 62.3 Å². The number of hydrogen-bond donors (Lipinski definition) is 1. The van der Waals surface area contributed by atoms with Gasteiger partial charge in [0.2, 0.25) is 0 Å². The van der Waals surface area contributed by atoms with E-state index in [1.165, 1.54) is 11.3 Å². The van der Waals surface area contributed by atoms with Crippen molar-refractivity contribution in [2.45, 2.75) is 24.9 Å². The fraction of sp³-hybridized carbons (Fsp3) is 0.286. The van der Waals surface area contributed by atoms with Gasteiger partial charge in [-0.15, -0.1) is 11.3 Å². The third-order valence-electron chi connectivity index (χ3n) is 5.74. The molecular formula is C21H19N3O2S. The van der Waals surface area contributed by atoms with Gasteiger partial charge < -0.3 is 10.2 Å². The highest BCUT2D eigenvalue weighted by Gasteiger charge is 2.47. The number of pyridine rings is 1. The van der Waals surface area contributed by atoms with Crippen LogP contribution in [0.1, 0.15) is 33.0 Å². The van der Waals surface area contributed by atoms with E-state index in [-0.39, 0.29) is 23.9 Å². The molecule has 1 N–H and O–H groups in total. The Morgan fingerprint density at radius 2 is 2.00 bits per heavy atom. The highest BCUT2D eigenvalue weighted by molar-refractivity contribution is 7.12. The molecule has 136 valence electrons. The van der Waals surface area contributed by atoms with E-state index in [1.54, 1.807) is 6.20 Å². The van der Waals surface area contributed by atoms with Gasteiger partial charge in [0.25, 0.3) is 11.8 Å². The van der Waals surface area contributed by atoms with Crippen LogP contribution >= 0.6 is 11.3 Å². The average Bonchev–Trinajstić information content (AvgIpc) is 3.44. The van der Waals surface area contributed by atoms with Crippen molar-refractivity contribution < 1.29 is 9.59 Å². The van der Waals surface area contributed by atoms with E-state index in [0.717, 1.165) is 28.5 Å². The van der Waals surface area contributed by atoms with Gasteiger partial charge in [-0.1, -0.05) is 30.3 Å². The van der Waals surface area contributed by atoms with Crippen molar-refractivity contribution in [2.24, 2.45) is 5.92 Å². The van der Waals surface area contributed by atoms with Crippen LogP contribution in [0.3, 0.4) is 0 Å². The van der Waals surface area contributed by atoms with Gasteiger partial charge in [0.1, 0.15) is 5.69 Å². The molecule has 1 aromatic carbocycles. The number of aromatic nitrogens is 1. The Bertz CT molecular complexity index is 1010. The Morgan fingerprint density at radius 3 is 2.78 bits per heavy atom. The lowest BCUT2D eigenvalue weighted by molar-refractivity contribution is 0.0676. The van der Waals surface area contributed by atoms with Crippen molar-refractivity contribution >= 4 is 33.9 Å². The number of carbonyl (C=O) groups excluding carboxylic acids is 2. The Balaban J connectivity index is 1.32. The third kappa shape index (κ3) is 2.80. The van der Waals surface area contributed by atoms with E-state index < -0.39 is 0 Å². The summed E-state index contributed by atoms with van der Waals surface area (Å²) in [6.45, 7) is 0.684. The Kier molecular flexibility index (Phi) is 3.93. The van der Waals surface area contributed by atoms with Gasteiger partial charge in [0.05, 0.1) is 4.88 Å².